The fourth-order valence-electron chi connectivity index (χ4n) is 3.11. The number of benzene rings is 1. The lowest BCUT2D eigenvalue weighted by Gasteiger charge is -2.36. The van der Waals surface area contributed by atoms with E-state index in [9.17, 15) is 9.90 Å². The summed E-state index contributed by atoms with van der Waals surface area (Å²) in [5.74, 6) is 0.105. The summed E-state index contributed by atoms with van der Waals surface area (Å²) in [6.45, 7) is 3.98. The molecule has 6 heteroatoms. The number of aromatic nitrogens is 2. The van der Waals surface area contributed by atoms with Gasteiger partial charge in [0, 0.05) is 18.8 Å². The smallest absolute Gasteiger partial charge is 0.240 e. The number of aryl methyl sites for hydroxylation is 1. The molecule has 2 unspecified atom stereocenters. The molecule has 1 aliphatic rings. The fourth-order valence-corrected chi connectivity index (χ4v) is 4.03. The third kappa shape index (κ3) is 3.08. The molecule has 2 heterocycles. The zero-order chi connectivity index (χ0) is 17.3. The van der Waals surface area contributed by atoms with Gasteiger partial charge in [-0.2, -0.15) is 0 Å². The minimum Gasteiger partial charge on any atom is -0.390 e. The van der Waals surface area contributed by atoms with E-state index >= 15 is 0 Å². The molecule has 1 aromatic heterocycles. The first-order valence-corrected chi connectivity index (χ1v) is 9.10. The molecule has 3 rings (SSSR count). The van der Waals surface area contributed by atoms with E-state index in [0.29, 0.717) is 0 Å². The maximum absolute atomic E-state index is 13.1. The van der Waals surface area contributed by atoms with Gasteiger partial charge in [0.15, 0.2) is 5.16 Å². The Bertz CT molecular complexity index is 744. The SMILES string of the molecule is CC(Sc1ncc(CO)n1C)C(=O)N1c2ccccc2CCC1C. The quantitative estimate of drug-likeness (QED) is 0.866. The van der Waals surface area contributed by atoms with E-state index in [1.807, 2.05) is 41.6 Å². The van der Waals surface area contributed by atoms with Crippen LogP contribution in [0.1, 0.15) is 31.5 Å². The Balaban J connectivity index is 1.81. The lowest BCUT2D eigenvalue weighted by Crippen LogP contribution is -2.45. The summed E-state index contributed by atoms with van der Waals surface area (Å²) in [6.07, 6.45) is 3.65. The highest BCUT2D eigenvalue weighted by Crippen LogP contribution is 2.33. The van der Waals surface area contributed by atoms with E-state index in [1.165, 1.54) is 17.3 Å². The number of fused-ring (bicyclic) bond motifs is 1. The van der Waals surface area contributed by atoms with Crippen LogP contribution in [0.4, 0.5) is 5.69 Å². The first-order valence-electron chi connectivity index (χ1n) is 8.22. The number of nitrogens with zero attached hydrogens (tertiary/aromatic N) is 3. The number of thioether (sulfide) groups is 1. The molecule has 0 bridgehead atoms. The number of aliphatic hydroxyl groups excluding tert-OH is 1. The molecule has 1 N–H and O–H groups in total. The van der Waals surface area contributed by atoms with Crippen molar-refractivity contribution in [2.75, 3.05) is 4.90 Å². The molecular formula is C18H23N3O2S. The summed E-state index contributed by atoms with van der Waals surface area (Å²) in [5, 5.41) is 9.78. The van der Waals surface area contributed by atoms with Gasteiger partial charge in [-0.1, -0.05) is 30.0 Å². The van der Waals surface area contributed by atoms with Crippen LogP contribution in [0.3, 0.4) is 0 Å². The Morgan fingerprint density at radius 1 is 1.46 bits per heavy atom. The van der Waals surface area contributed by atoms with E-state index in [0.717, 1.165) is 29.4 Å². The topological polar surface area (TPSA) is 58.4 Å². The maximum atomic E-state index is 13.1. The average molecular weight is 345 g/mol. The normalized spacial score (nSPS) is 18.3. The first-order chi connectivity index (χ1) is 11.5. The summed E-state index contributed by atoms with van der Waals surface area (Å²) in [6, 6.07) is 8.35. The molecule has 1 aliphatic heterocycles. The highest BCUT2D eigenvalue weighted by atomic mass is 32.2. The van der Waals surface area contributed by atoms with E-state index in [4.69, 9.17) is 0 Å². The van der Waals surface area contributed by atoms with Gasteiger partial charge in [-0.05, 0) is 38.3 Å². The van der Waals surface area contributed by atoms with Gasteiger partial charge in [-0.25, -0.2) is 4.98 Å². The number of aliphatic hydroxyl groups is 1. The molecule has 5 nitrogen and oxygen atoms in total. The van der Waals surface area contributed by atoms with E-state index in [2.05, 4.69) is 18.0 Å². The second-order valence-corrected chi connectivity index (χ2v) is 7.54. The van der Waals surface area contributed by atoms with Crippen LogP contribution in [0, 0.1) is 0 Å². The van der Waals surface area contributed by atoms with Crippen molar-refractivity contribution in [1.82, 2.24) is 9.55 Å². The average Bonchev–Trinajstić information content (AvgIpc) is 2.94. The Labute approximate surface area is 146 Å². The zero-order valence-electron chi connectivity index (χ0n) is 14.3. The molecule has 0 fully saturated rings. The van der Waals surface area contributed by atoms with Gasteiger partial charge in [0.2, 0.25) is 5.91 Å². The molecule has 0 aliphatic carbocycles. The minimum atomic E-state index is -0.244. The van der Waals surface area contributed by atoms with Crippen molar-refractivity contribution >= 4 is 23.4 Å². The molecule has 1 aromatic carbocycles. The molecule has 0 saturated heterocycles. The Hall–Kier alpha value is -1.79. The standard InChI is InChI=1S/C18H23N3O2S/c1-12-8-9-14-6-4-5-7-16(14)21(12)17(23)13(2)24-18-19-10-15(11-22)20(18)3/h4-7,10,12-13,22H,8-9,11H2,1-3H3. The van der Waals surface area contributed by atoms with Gasteiger partial charge in [0.25, 0.3) is 0 Å². The lowest BCUT2D eigenvalue weighted by molar-refractivity contribution is -0.118. The third-order valence-corrected chi connectivity index (χ3v) is 5.74. The van der Waals surface area contributed by atoms with Crippen LogP contribution in [0.15, 0.2) is 35.6 Å². The summed E-state index contributed by atoms with van der Waals surface area (Å²) in [4.78, 5) is 19.3. The molecule has 0 spiro atoms. The van der Waals surface area contributed by atoms with E-state index < -0.39 is 0 Å². The fraction of sp³-hybridized carbons (Fsp3) is 0.444. The number of carbonyl (C=O) groups is 1. The van der Waals surface area contributed by atoms with E-state index in [1.54, 1.807) is 6.20 Å². The van der Waals surface area contributed by atoms with Crippen LogP contribution in [-0.4, -0.2) is 31.9 Å². The highest BCUT2D eigenvalue weighted by molar-refractivity contribution is 8.00. The van der Waals surface area contributed by atoms with Crippen molar-refractivity contribution in [2.45, 2.75) is 49.7 Å². The van der Waals surface area contributed by atoms with Crippen LogP contribution in [0.2, 0.25) is 0 Å². The molecule has 1 amide bonds. The van der Waals surface area contributed by atoms with E-state index in [-0.39, 0.29) is 23.8 Å². The van der Waals surface area contributed by atoms with Crippen molar-refractivity contribution < 1.29 is 9.90 Å². The first kappa shape index (κ1) is 17.0. The molecule has 128 valence electrons. The molecular weight excluding hydrogens is 322 g/mol. The van der Waals surface area contributed by atoms with Crippen molar-refractivity contribution in [2.24, 2.45) is 7.05 Å². The molecule has 0 saturated carbocycles. The molecule has 2 aromatic rings. The number of carbonyl (C=O) groups excluding carboxylic acids is 1. The van der Waals surface area contributed by atoms with Gasteiger partial charge in [0.1, 0.15) is 0 Å². The number of hydrogen-bond donors (Lipinski definition) is 1. The summed E-state index contributed by atoms with van der Waals surface area (Å²) in [5.41, 5.74) is 3.01. The van der Waals surface area contributed by atoms with Crippen LogP contribution in [-0.2, 0) is 24.9 Å². The number of rotatable bonds is 4. The van der Waals surface area contributed by atoms with Crippen LogP contribution in [0.5, 0.6) is 0 Å². The number of anilines is 1. The van der Waals surface area contributed by atoms with Crippen LogP contribution < -0.4 is 4.90 Å². The number of amides is 1. The van der Waals surface area contributed by atoms with Crippen molar-refractivity contribution in [3.05, 3.63) is 41.7 Å². The monoisotopic (exact) mass is 345 g/mol. The number of imidazole rings is 1. The van der Waals surface area contributed by atoms with Gasteiger partial charge in [-0.3, -0.25) is 4.79 Å². The van der Waals surface area contributed by atoms with Gasteiger partial charge in [-0.15, -0.1) is 0 Å². The Kier molecular flexibility index (Phi) is 4.96. The second-order valence-electron chi connectivity index (χ2n) is 6.23. The van der Waals surface area contributed by atoms with Gasteiger partial charge < -0.3 is 14.6 Å². The van der Waals surface area contributed by atoms with Crippen molar-refractivity contribution in [3.8, 4) is 0 Å². The van der Waals surface area contributed by atoms with Crippen LogP contribution in [0.25, 0.3) is 0 Å². The molecule has 0 radical (unpaired) electrons. The second kappa shape index (κ2) is 6.99. The Morgan fingerprint density at radius 2 is 2.21 bits per heavy atom. The summed E-state index contributed by atoms with van der Waals surface area (Å²) in [7, 11) is 1.86. The number of hydrogen-bond acceptors (Lipinski definition) is 4. The largest absolute Gasteiger partial charge is 0.390 e. The zero-order valence-corrected chi connectivity index (χ0v) is 15.1. The van der Waals surface area contributed by atoms with Crippen molar-refractivity contribution in [3.63, 3.8) is 0 Å². The Morgan fingerprint density at radius 3 is 2.92 bits per heavy atom. The predicted molar refractivity (Wildman–Crippen MR) is 96.2 cm³/mol. The van der Waals surface area contributed by atoms with Crippen molar-refractivity contribution in [1.29, 1.82) is 0 Å². The predicted octanol–water partition coefficient (Wildman–Crippen LogP) is 2.76. The molecule has 2 atom stereocenters. The summed E-state index contributed by atoms with van der Waals surface area (Å²) >= 11 is 1.43. The molecule has 24 heavy (non-hydrogen) atoms. The lowest BCUT2D eigenvalue weighted by atomic mass is 9.96. The maximum Gasteiger partial charge on any atom is 0.240 e. The highest BCUT2D eigenvalue weighted by Gasteiger charge is 2.31. The third-order valence-electron chi connectivity index (χ3n) is 4.59. The summed E-state index contributed by atoms with van der Waals surface area (Å²) < 4.78 is 1.84. The van der Waals surface area contributed by atoms with Crippen LogP contribution >= 0.6 is 11.8 Å². The number of para-hydroxylation sites is 1. The van der Waals surface area contributed by atoms with Gasteiger partial charge >= 0.3 is 0 Å². The minimum absolute atomic E-state index is 0.0527. The van der Waals surface area contributed by atoms with Gasteiger partial charge in [0.05, 0.1) is 23.7 Å².